The van der Waals surface area contributed by atoms with Crippen LogP contribution in [-0.4, -0.2) is 38.0 Å². The molecule has 0 N–H and O–H groups in total. The molecule has 0 aromatic carbocycles. The third-order valence-corrected chi connectivity index (χ3v) is 4.77. The minimum atomic E-state index is -3.63. The summed E-state index contributed by atoms with van der Waals surface area (Å²) in [4.78, 5) is 4.02. The number of aryl methyl sites for hydroxylation is 1. The Hall–Kier alpha value is -1.70. The summed E-state index contributed by atoms with van der Waals surface area (Å²) >= 11 is 0. The van der Waals surface area contributed by atoms with E-state index in [4.69, 9.17) is 9.15 Å². The van der Waals surface area contributed by atoms with Crippen LogP contribution in [0.25, 0.3) is 0 Å². The zero-order valence-corrected chi connectivity index (χ0v) is 12.8. The van der Waals surface area contributed by atoms with Crippen LogP contribution >= 0.6 is 0 Å². The number of methoxy groups -OCH3 is 1. The molecule has 0 saturated heterocycles. The largest absolute Gasteiger partial charge is 0.465 e. The van der Waals surface area contributed by atoms with Gasteiger partial charge in [-0.05, 0) is 31.2 Å². The zero-order chi connectivity index (χ0) is 15.3. The lowest BCUT2D eigenvalue weighted by molar-refractivity contribution is 0.175. The summed E-state index contributed by atoms with van der Waals surface area (Å²) < 4.78 is 37.1. The molecule has 0 aliphatic carbocycles. The lowest BCUT2D eigenvalue weighted by atomic mass is 10.4. The summed E-state index contributed by atoms with van der Waals surface area (Å²) in [6.45, 7) is 2.53. The minimum Gasteiger partial charge on any atom is -0.465 e. The number of hydrogen-bond donors (Lipinski definition) is 0. The maximum Gasteiger partial charge on any atom is 0.245 e. The smallest absolute Gasteiger partial charge is 0.245 e. The van der Waals surface area contributed by atoms with Crippen molar-refractivity contribution in [3.63, 3.8) is 0 Å². The first-order chi connectivity index (χ1) is 10.0. The van der Waals surface area contributed by atoms with Crippen molar-refractivity contribution in [2.75, 3.05) is 20.3 Å². The molecule has 2 aromatic rings. The average Bonchev–Trinajstić information content (AvgIpc) is 2.89. The molecule has 0 bridgehead atoms. The van der Waals surface area contributed by atoms with Gasteiger partial charge in [0.25, 0.3) is 0 Å². The zero-order valence-electron chi connectivity index (χ0n) is 12.0. The lowest BCUT2D eigenvalue weighted by Crippen LogP contribution is -2.33. The summed E-state index contributed by atoms with van der Waals surface area (Å²) in [6, 6.07) is 6.70. The molecule has 21 heavy (non-hydrogen) atoms. The standard InChI is InChI=1S/C14H18N2O4S/c1-12-5-6-13(20-12)11-16(8-9-19-2)21(17,18)14-4-3-7-15-10-14/h3-7,10H,8-9,11H2,1-2H3. The van der Waals surface area contributed by atoms with E-state index in [0.29, 0.717) is 12.4 Å². The van der Waals surface area contributed by atoms with Gasteiger partial charge in [0, 0.05) is 26.0 Å². The van der Waals surface area contributed by atoms with Crippen LogP contribution in [0.2, 0.25) is 0 Å². The Kier molecular flexibility index (Phi) is 5.11. The maximum absolute atomic E-state index is 12.6. The molecule has 2 rings (SSSR count). The predicted molar refractivity (Wildman–Crippen MR) is 77.2 cm³/mol. The van der Waals surface area contributed by atoms with E-state index in [1.54, 1.807) is 18.2 Å². The van der Waals surface area contributed by atoms with Gasteiger partial charge in [-0.15, -0.1) is 0 Å². The Balaban J connectivity index is 2.26. The number of rotatable bonds is 7. The third kappa shape index (κ3) is 3.90. The van der Waals surface area contributed by atoms with Gasteiger partial charge in [0.15, 0.2) is 0 Å². The fourth-order valence-electron chi connectivity index (χ4n) is 1.87. The molecule has 0 spiro atoms. The van der Waals surface area contributed by atoms with E-state index in [1.807, 2.05) is 6.92 Å². The summed E-state index contributed by atoms with van der Waals surface area (Å²) in [7, 11) is -2.10. The van der Waals surface area contributed by atoms with E-state index in [9.17, 15) is 8.42 Å². The van der Waals surface area contributed by atoms with Crippen molar-refractivity contribution in [3.05, 3.63) is 48.2 Å². The van der Waals surface area contributed by atoms with Crippen molar-refractivity contribution in [3.8, 4) is 0 Å². The first-order valence-corrected chi connectivity index (χ1v) is 7.92. The van der Waals surface area contributed by atoms with Crippen LogP contribution in [0, 0.1) is 6.92 Å². The molecule has 0 saturated carbocycles. The number of ether oxygens (including phenoxy) is 1. The highest BCUT2D eigenvalue weighted by Gasteiger charge is 2.25. The Morgan fingerprint density at radius 2 is 2.14 bits per heavy atom. The van der Waals surface area contributed by atoms with Gasteiger partial charge in [0.1, 0.15) is 16.4 Å². The van der Waals surface area contributed by atoms with Crippen molar-refractivity contribution >= 4 is 10.0 Å². The molecule has 0 atom stereocenters. The Morgan fingerprint density at radius 3 is 2.71 bits per heavy atom. The summed E-state index contributed by atoms with van der Waals surface area (Å²) in [5, 5.41) is 0. The second-order valence-corrected chi connectivity index (χ2v) is 6.47. The van der Waals surface area contributed by atoms with Crippen molar-refractivity contribution < 1.29 is 17.6 Å². The first kappa shape index (κ1) is 15.7. The fraction of sp³-hybridized carbons (Fsp3) is 0.357. The van der Waals surface area contributed by atoms with Crippen LogP contribution in [0.15, 0.2) is 46.0 Å². The van der Waals surface area contributed by atoms with Gasteiger partial charge in [-0.1, -0.05) is 0 Å². The van der Waals surface area contributed by atoms with E-state index < -0.39 is 10.0 Å². The fourth-order valence-corrected chi connectivity index (χ4v) is 3.22. The van der Waals surface area contributed by atoms with Crippen molar-refractivity contribution in [1.29, 1.82) is 0 Å². The van der Waals surface area contributed by atoms with E-state index in [-0.39, 0.29) is 18.0 Å². The van der Waals surface area contributed by atoms with Crippen LogP contribution in [0.5, 0.6) is 0 Å². The number of pyridine rings is 1. The maximum atomic E-state index is 12.6. The molecule has 0 aliphatic rings. The van der Waals surface area contributed by atoms with E-state index in [0.717, 1.165) is 5.76 Å². The molecule has 114 valence electrons. The molecule has 2 heterocycles. The van der Waals surface area contributed by atoms with Gasteiger partial charge in [-0.3, -0.25) is 4.98 Å². The van der Waals surface area contributed by atoms with Crippen LogP contribution in [0.4, 0.5) is 0 Å². The highest BCUT2D eigenvalue weighted by atomic mass is 32.2. The monoisotopic (exact) mass is 310 g/mol. The number of furan rings is 1. The Bertz CT molecular complexity index is 667. The van der Waals surface area contributed by atoms with Crippen molar-refractivity contribution in [1.82, 2.24) is 9.29 Å². The van der Waals surface area contributed by atoms with Gasteiger partial charge >= 0.3 is 0 Å². The molecule has 6 nitrogen and oxygen atoms in total. The number of aromatic nitrogens is 1. The van der Waals surface area contributed by atoms with Crippen LogP contribution in [0.1, 0.15) is 11.5 Å². The summed E-state index contributed by atoms with van der Waals surface area (Å²) in [5.74, 6) is 1.34. The second kappa shape index (κ2) is 6.84. The molecule has 0 unspecified atom stereocenters. The molecule has 0 radical (unpaired) electrons. The van der Waals surface area contributed by atoms with Crippen LogP contribution in [0.3, 0.4) is 0 Å². The number of sulfonamides is 1. The second-order valence-electron chi connectivity index (χ2n) is 4.53. The van der Waals surface area contributed by atoms with Crippen molar-refractivity contribution in [2.45, 2.75) is 18.4 Å². The summed E-state index contributed by atoms with van der Waals surface area (Å²) in [6.07, 6.45) is 2.87. The molecule has 0 fully saturated rings. The normalized spacial score (nSPS) is 12.0. The Morgan fingerprint density at radius 1 is 1.33 bits per heavy atom. The lowest BCUT2D eigenvalue weighted by Gasteiger charge is -2.20. The first-order valence-electron chi connectivity index (χ1n) is 6.48. The third-order valence-electron chi connectivity index (χ3n) is 2.95. The van der Waals surface area contributed by atoms with Crippen LogP contribution < -0.4 is 0 Å². The molecule has 2 aromatic heterocycles. The molecular formula is C14H18N2O4S. The van der Waals surface area contributed by atoms with Gasteiger partial charge in [-0.2, -0.15) is 4.31 Å². The quantitative estimate of drug-likeness (QED) is 0.780. The molecule has 0 amide bonds. The highest BCUT2D eigenvalue weighted by Crippen LogP contribution is 2.18. The van der Waals surface area contributed by atoms with E-state index >= 15 is 0 Å². The highest BCUT2D eigenvalue weighted by molar-refractivity contribution is 7.89. The molecule has 7 heteroatoms. The van der Waals surface area contributed by atoms with Crippen molar-refractivity contribution in [2.24, 2.45) is 0 Å². The van der Waals surface area contributed by atoms with Gasteiger partial charge < -0.3 is 9.15 Å². The summed E-state index contributed by atoms with van der Waals surface area (Å²) in [5.41, 5.74) is 0. The molecular weight excluding hydrogens is 292 g/mol. The Labute approximate surface area is 124 Å². The molecule has 0 aliphatic heterocycles. The minimum absolute atomic E-state index is 0.157. The van der Waals surface area contributed by atoms with Gasteiger partial charge in [0.05, 0.1) is 13.2 Å². The van der Waals surface area contributed by atoms with Gasteiger partial charge in [-0.25, -0.2) is 8.42 Å². The number of nitrogens with zero attached hydrogens (tertiary/aromatic N) is 2. The number of hydrogen-bond acceptors (Lipinski definition) is 5. The SMILES string of the molecule is COCCN(Cc1ccc(C)o1)S(=O)(=O)c1cccnc1. The van der Waals surface area contributed by atoms with E-state index in [2.05, 4.69) is 4.98 Å². The van der Waals surface area contributed by atoms with Crippen LogP contribution in [-0.2, 0) is 21.3 Å². The average molecular weight is 310 g/mol. The topological polar surface area (TPSA) is 72.6 Å². The van der Waals surface area contributed by atoms with E-state index in [1.165, 1.54) is 29.9 Å². The predicted octanol–water partition coefficient (Wildman–Crippen LogP) is 1.82. The van der Waals surface area contributed by atoms with Gasteiger partial charge in [0.2, 0.25) is 10.0 Å².